The van der Waals surface area contributed by atoms with Gasteiger partial charge in [0.25, 0.3) is 0 Å². The van der Waals surface area contributed by atoms with E-state index >= 15 is 0 Å². The van der Waals surface area contributed by atoms with Gasteiger partial charge >= 0.3 is 0 Å². The summed E-state index contributed by atoms with van der Waals surface area (Å²) in [6.07, 6.45) is 1.05. The second kappa shape index (κ2) is 7.38. The standard InChI is InChI=1S/C12H22ClN3OS/c1-9(2)18-8-11(17)12-10(13)7-14-16(12)6-5-15(3)4/h7,9,11,17H,5-6,8H2,1-4H3. The molecule has 104 valence electrons. The Morgan fingerprint density at radius 3 is 2.72 bits per heavy atom. The van der Waals surface area contributed by atoms with Gasteiger partial charge in [0.05, 0.1) is 23.5 Å². The molecule has 18 heavy (non-hydrogen) atoms. The minimum absolute atomic E-state index is 0.497. The summed E-state index contributed by atoms with van der Waals surface area (Å²) in [6, 6.07) is 0. The Morgan fingerprint density at radius 2 is 2.17 bits per heavy atom. The third kappa shape index (κ3) is 4.80. The second-order valence-electron chi connectivity index (χ2n) is 4.80. The molecule has 0 radical (unpaired) electrons. The smallest absolute Gasteiger partial charge is 0.106 e. The maximum Gasteiger partial charge on any atom is 0.106 e. The van der Waals surface area contributed by atoms with Crippen LogP contribution in [0.25, 0.3) is 0 Å². The summed E-state index contributed by atoms with van der Waals surface area (Å²) in [5.74, 6) is 0.644. The first kappa shape index (κ1) is 15.8. The van der Waals surface area contributed by atoms with E-state index in [1.165, 1.54) is 0 Å². The molecular weight excluding hydrogens is 270 g/mol. The van der Waals surface area contributed by atoms with E-state index in [0.717, 1.165) is 18.8 Å². The highest BCUT2D eigenvalue weighted by molar-refractivity contribution is 7.99. The number of rotatable bonds is 7. The minimum Gasteiger partial charge on any atom is -0.386 e. The molecule has 0 aromatic carbocycles. The van der Waals surface area contributed by atoms with Gasteiger partial charge in [0.15, 0.2) is 0 Å². The lowest BCUT2D eigenvalue weighted by Crippen LogP contribution is -2.21. The molecule has 1 rings (SSSR count). The summed E-state index contributed by atoms with van der Waals surface area (Å²) in [6.45, 7) is 5.83. The molecule has 0 saturated heterocycles. The lowest BCUT2D eigenvalue weighted by molar-refractivity contribution is 0.190. The molecule has 6 heteroatoms. The third-order valence-electron chi connectivity index (χ3n) is 2.50. The highest BCUT2D eigenvalue weighted by atomic mass is 35.5. The number of nitrogens with zero attached hydrogens (tertiary/aromatic N) is 3. The van der Waals surface area contributed by atoms with Crippen LogP contribution in [0.4, 0.5) is 0 Å². The van der Waals surface area contributed by atoms with E-state index in [9.17, 15) is 5.11 Å². The fraction of sp³-hybridized carbons (Fsp3) is 0.750. The third-order valence-corrected chi connectivity index (χ3v) is 3.96. The van der Waals surface area contributed by atoms with Crippen molar-refractivity contribution < 1.29 is 5.11 Å². The topological polar surface area (TPSA) is 41.3 Å². The van der Waals surface area contributed by atoms with Crippen LogP contribution in [0.3, 0.4) is 0 Å². The van der Waals surface area contributed by atoms with Gasteiger partial charge < -0.3 is 10.0 Å². The first-order chi connectivity index (χ1) is 8.41. The molecule has 0 aliphatic rings. The molecule has 0 spiro atoms. The van der Waals surface area contributed by atoms with Crippen LogP contribution in [-0.2, 0) is 6.54 Å². The second-order valence-corrected chi connectivity index (χ2v) is 6.82. The molecule has 1 unspecified atom stereocenters. The average molecular weight is 292 g/mol. The van der Waals surface area contributed by atoms with Gasteiger partial charge in [-0.2, -0.15) is 16.9 Å². The van der Waals surface area contributed by atoms with Crippen LogP contribution < -0.4 is 0 Å². The van der Waals surface area contributed by atoms with Crippen molar-refractivity contribution in [3.05, 3.63) is 16.9 Å². The fourth-order valence-corrected chi connectivity index (χ4v) is 2.53. The normalized spacial score (nSPS) is 13.6. The van der Waals surface area contributed by atoms with Crippen LogP contribution in [-0.4, -0.2) is 51.4 Å². The van der Waals surface area contributed by atoms with Crippen LogP contribution in [0.1, 0.15) is 25.6 Å². The first-order valence-corrected chi connectivity index (χ1v) is 7.50. The van der Waals surface area contributed by atoms with E-state index in [1.54, 1.807) is 22.6 Å². The summed E-state index contributed by atoms with van der Waals surface area (Å²) in [5.41, 5.74) is 0.728. The molecule has 0 saturated carbocycles. The average Bonchev–Trinajstić information content (AvgIpc) is 2.64. The van der Waals surface area contributed by atoms with Crippen molar-refractivity contribution in [3.8, 4) is 0 Å². The zero-order valence-corrected chi connectivity index (χ0v) is 13.0. The number of hydrogen-bond donors (Lipinski definition) is 1. The number of likely N-dealkylation sites (N-methyl/N-ethyl adjacent to an activating group) is 1. The molecular formula is C12H22ClN3OS. The zero-order valence-electron chi connectivity index (χ0n) is 11.4. The van der Waals surface area contributed by atoms with Crippen LogP contribution in [0.2, 0.25) is 5.02 Å². The zero-order chi connectivity index (χ0) is 13.7. The van der Waals surface area contributed by atoms with Gasteiger partial charge in [-0.05, 0) is 19.3 Å². The summed E-state index contributed by atoms with van der Waals surface area (Å²) in [5, 5.41) is 15.5. The molecule has 1 atom stereocenters. The van der Waals surface area contributed by atoms with Gasteiger partial charge in [-0.1, -0.05) is 25.4 Å². The monoisotopic (exact) mass is 291 g/mol. The fourth-order valence-electron chi connectivity index (χ4n) is 1.54. The molecule has 0 aliphatic carbocycles. The van der Waals surface area contributed by atoms with Crippen molar-refractivity contribution >= 4 is 23.4 Å². The van der Waals surface area contributed by atoms with Crippen molar-refractivity contribution in [1.82, 2.24) is 14.7 Å². The summed E-state index contributed by atoms with van der Waals surface area (Å²) < 4.78 is 1.80. The van der Waals surface area contributed by atoms with E-state index in [1.807, 2.05) is 14.1 Å². The summed E-state index contributed by atoms with van der Waals surface area (Å²) >= 11 is 7.82. The Hall–Kier alpha value is -0.230. The Bertz CT molecular complexity index is 368. The number of aromatic nitrogens is 2. The summed E-state index contributed by atoms with van der Waals surface area (Å²) in [7, 11) is 4.02. The van der Waals surface area contributed by atoms with Gasteiger partial charge in [-0.25, -0.2) is 0 Å². The number of aliphatic hydroxyl groups is 1. The number of aliphatic hydroxyl groups excluding tert-OH is 1. The quantitative estimate of drug-likeness (QED) is 0.837. The van der Waals surface area contributed by atoms with Crippen molar-refractivity contribution in [2.75, 3.05) is 26.4 Å². The van der Waals surface area contributed by atoms with E-state index in [2.05, 4.69) is 23.8 Å². The Morgan fingerprint density at radius 1 is 1.50 bits per heavy atom. The molecule has 1 aromatic rings. The van der Waals surface area contributed by atoms with Crippen molar-refractivity contribution in [3.63, 3.8) is 0 Å². The molecule has 0 fully saturated rings. The molecule has 0 bridgehead atoms. The maximum atomic E-state index is 10.2. The number of hydrogen-bond acceptors (Lipinski definition) is 4. The predicted octanol–water partition coefficient (Wildman–Crippen LogP) is 2.27. The van der Waals surface area contributed by atoms with Crippen LogP contribution in [0, 0.1) is 0 Å². The molecule has 4 nitrogen and oxygen atoms in total. The first-order valence-electron chi connectivity index (χ1n) is 6.07. The van der Waals surface area contributed by atoms with Crippen molar-refractivity contribution in [1.29, 1.82) is 0 Å². The largest absolute Gasteiger partial charge is 0.386 e. The summed E-state index contributed by atoms with van der Waals surface area (Å²) in [4.78, 5) is 2.08. The molecule has 1 aromatic heterocycles. The van der Waals surface area contributed by atoms with Gasteiger partial charge in [-0.3, -0.25) is 4.68 Å². The van der Waals surface area contributed by atoms with Crippen LogP contribution in [0.5, 0.6) is 0 Å². The minimum atomic E-state index is -0.561. The van der Waals surface area contributed by atoms with Gasteiger partial charge in [-0.15, -0.1) is 0 Å². The Labute approximate surface area is 118 Å². The highest BCUT2D eigenvalue weighted by Crippen LogP contribution is 2.26. The number of halogens is 1. The molecule has 1 N–H and O–H groups in total. The Balaban J connectivity index is 2.70. The SMILES string of the molecule is CC(C)SCC(O)c1c(Cl)cnn1CCN(C)C. The number of thioether (sulfide) groups is 1. The van der Waals surface area contributed by atoms with Gasteiger partial charge in [0, 0.05) is 12.3 Å². The Kier molecular flexibility index (Phi) is 6.49. The van der Waals surface area contributed by atoms with Crippen molar-refractivity contribution in [2.24, 2.45) is 0 Å². The van der Waals surface area contributed by atoms with Crippen LogP contribution >= 0.6 is 23.4 Å². The van der Waals surface area contributed by atoms with Gasteiger partial charge in [0.1, 0.15) is 6.10 Å². The van der Waals surface area contributed by atoms with Crippen LogP contribution in [0.15, 0.2) is 6.20 Å². The predicted molar refractivity (Wildman–Crippen MR) is 78.3 cm³/mol. The van der Waals surface area contributed by atoms with E-state index < -0.39 is 6.10 Å². The van der Waals surface area contributed by atoms with E-state index in [-0.39, 0.29) is 0 Å². The molecule has 1 heterocycles. The van der Waals surface area contributed by atoms with Gasteiger partial charge in [0.2, 0.25) is 0 Å². The molecule has 0 amide bonds. The lowest BCUT2D eigenvalue weighted by Gasteiger charge is -2.16. The highest BCUT2D eigenvalue weighted by Gasteiger charge is 2.18. The van der Waals surface area contributed by atoms with Crippen molar-refractivity contribution in [2.45, 2.75) is 31.7 Å². The van der Waals surface area contributed by atoms with E-state index in [0.29, 0.717) is 16.0 Å². The molecule has 0 aliphatic heterocycles. The van der Waals surface area contributed by atoms with E-state index in [4.69, 9.17) is 11.6 Å². The maximum absolute atomic E-state index is 10.2. The lowest BCUT2D eigenvalue weighted by atomic mass is 10.3.